The van der Waals surface area contributed by atoms with Crippen LogP contribution in [-0.2, 0) is 9.53 Å². The minimum Gasteiger partial charge on any atom is -0.465 e. The number of benzene rings is 2. The van der Waals surface area contributed by atoms with Crippen molar-refractivity contribution < 1.29 is 19.1 Å². The molecule has 0 radical (unpaired) electrons. The molecule has 0 bridgehead atoms. The summed E-state index contributed by atoms with van der Waals surface area (Å²) in [6.07, 6.45) is 0. The lowest BCUT2D eigenvalue weighted by Gasteiger charge is -2.22. The molecule has 0 heterocycles. The van der Waals surface area contributed by atoms with E-state index < -0.39 is 23.8 Å². The minimum atomic E-state index is -0.791. The van der Waals surface area contributed by atoms with Gasteiger partial charge in [-0.1, -0.05) is 37.0 Å². The number of esters is 1. The lowest BCUT2D eigenvalue weighted by Crippen LogP contribution is -2.47. The predicted molar refractivity (Wildman–Crippen MR) is 109 cm³/mol. The standard InChI is InChI=1S/C20H20Cl2N2O4/c1-11(2)17(24-18(25)12-4-6-13(21)7-5-12)19(26)23-14-8-9-16(22)15(10-14)20(27)28-3/h4-11,17H,1-3H3,(H,23,26)(H,24,25). The fraction of sp³-hybridized carbons (Fsp3) is 0.250. The van der Waals surface area contributed by atoms with Crippen LogP contribution in [0.5, 0.6) is 0 Å². The van der Waals surface area contributed by atoms with Gasteiger partial charge in [-0.3, -0.25) is 9.59 Å². The summed E-state index contributed by atoms with van der Waals surface area (Å²) in [6.45, 7) is 3.63. The molecule has 8 heteroatoms. The van der Waals surface area contributed by atoms with E-state index in [1.54, 1.807) is 30.3 Å². The topological polar surface area (TPSA) is 84.5 Å². The summed E-state index contributed by atoms with van der Waals surface area (Å²) in [7, 11) is 1.24. The number of hydrogen-bond acceptors (Lipinski definition) is 4. The predicted octanol–water partition coefficient (Wildman–Crippen LogP) is 4.17. The smallest absolute Gasteiger partial charge is 0.339 e. The summed E-state index contributed by atoms with van der Waals surface area (Å²) in [6, 6.07) is 10.0. The maximum Gasteiger partial charge on any atom is 0.339 e. The Bertz CT molecular complexity index is 882. The van der Waals surface area contributed by atoms with Gasteiger partial charge in [0.2, 0.25) is 5.91 Å². The number of anilines is 1. The molecule has 1 atom stereocenters. The van der Waals surface area contributed by atoms with Crippen LogP contribution in [0.2, 0.25) is 10.0 Å². The molecule has 0 saturated heterocycles. The molecule has 6 nitrogen and oxygen atoms in total. The van der Waals surface area contributed by atoms with Crippen molar-refractivity contribution in [2.45, 2.75) is 19.9 Å². The van der Waals surface area contributed by atoms with Crippen molar-refractivity contribution in [3.05, 3.63) is 63.6 Å². The Hall–Kier alpha value is -2.57. The molecule has 28 heavy (non-hydrogen) atoms. The number of ether oxygens (including phenoxy) is 1. The Morgan fingerprint density at radius 1 is 1.00 bits per heavy atom. The number of hydrogen-bond donors (Lipinski definition) is 2. The van der Waals surface area contributed by atoms with Crippen molar-refractivity contribution in [2.24, 2.45) is 5.92 Å². The number of nitrogens with one attached hydrogen (secondary N) is 2. The molecule has 0 aliphatic carbocycles. The molecule has 0 aliphatic rings. The first-order valence-electron chi connectivity index (χ1n) is 8.48. The second kappa shape index (κ2) is 9.57. The molecule has 2 aromatic carbocycles. The molecule has 2 amide bonds. The molecular formula is C20H20Cl2N2O4. The van der Waals surface area contributed by atoms with Crippen LogP contribution in [0.15, 0.2) is 42.5 Å². The lowest BCUT2D eigenvalue weighted by molar-refractivity contribution is -0.118. The van der Waals surface area contributed by atoms with E-state index in [4.69, 9.17) is 23.2 Å². The number of rotatable bonds is 6. The maximum absolute atomic E-state index is 12.7. The Labute approximate surface area is 173 Å². The van der Waals surface area contributed by atoms with Crippen LogP contribution < -0.4 is 10.6 Å². The Morgan fingerprint density at radius 3 is 2.21 bits per heavy atom. The second-order valence-electron chi connectivity index (χ2n) is 6.38. The fourth-order valence-electron chi connectivity index (χ4n) is 2.45. The zero-order valence-corrected chi connectivity index (χ0v) is 17.1. The van der Waals surface area contributed by atoms with E-state index in [-0.39, 0.29) is 16.5 Å². The van der Waals surface area contributed by atoms with E-state index in [1.165, 1.54) is 19.2 Å². The van der Waals surface area contributed by atoms with Gasteiger partial charge in [0.15, 0.2) is 0 Å². The van der Waals surface area contributed by atoms with Gasteiger partial charge in [-0.2, -0.15) is 0 Å². The van der Waals surface area contributed by atoms with Crippen LogP contribution in [0.1, 0.15) is 34.6 Å². The van der Waals surface area contributed by atoms with Gasteiger partial charge in [0, 0.05) is 16.3 Å². The highest BCUT2D eigenvalue weighted by Crippen LogP contribution is 2.22. The average Bonchev–Trinajstić information content (AvgIpc) is 2.66. The van der Waals surface area contributed by atoms with Crippen molar-refractivity contribution in [1.29, 1.82) is 0 Å². The zero-order valence-electron chi connectivity index (χ0n) is 15.6. The third-order valence-electron chi connectivity index (χ3n) is 3.98. The summed E-state index contributed by atoms with van der Waals surface area (Å²) in [5.41, 5.74) is 0.886. The molecule has 148 valence electrons. The highest BCUT2D eigenvalue weighted by molar-refractivity contribution is 6.33. The first kappa shape index (κ1) is 21.7. The Morgan fingerprint density at radius 2 is 1.64 bits per heavy atom. The summed E-state index contributed by atoms with van der Waals surface area (Å²) in [4.78, 5) is 36.9. The molecule has 0 spiro atoms. The molecule has 2 aromatic rings. The van der Waals surface area contributed by atoms with Crippen molar-refractivity contribution in [3.63, 3.8) is 0 Å². The molecule has 2 rings (SSSR count). The van der Waals surface area contributed by atoms with E-state index in [0.717, 1.165) is 0 Å². The second-order valence-corrected chi connectivity index (χ2v) is 7.22. The summed E-state index contributed by atoms with van der Waals surface area (Å²) in [5, 5.41) is 6.14. The number of halogens is 2. The van der Waals surface area contributed by atoms with E-state index in [0.29, 0.717) is 16.3 Å². The van der Waals surface area contributed by atoms with Crippen LogP contribution >= 0.6 is 23.2 Å². The van der Waals surface area contributed by atoms with Gasteiger partial charge in [0.25, 0.3) is 5.91 Å². The van der Waals surface area contributed by atoms with Gasteiger partial charge >= 0.3 is 5.97 Å². The van der Waals surface area contributed by atoms with Crippen LogP contribution in [0.4, 0.5) is 5.69 Å². The van der Waals surface area contributed by atoms with E-state index in [2.05, 4.69) is 15.4 Å². The number of carbonyl (C=O) groups excluding carboxylic acids is 3. The number of carbonyl (C=O) groups is 3. The highest BCUT2D eigenvalue weighted by Gasteiger charge is 2.25. The van der Waals surface area contributed by atoms with Crippen LogP contribution in [0.25, 0.3) is 0 Å². The lowest BCUT2D eigenvalue weighted by atomic mass is 10.0. The summed E-state index contributed by atoms with van der Waals surface area (Å²) >= 11 is 11.8. The average molecular weight is 423 g/mol. The maximum atomic E-state index is 12.7. The molecule has 0 fully saturated rings. The van der Waals surface area contributed by atoms with Crippen molar-refractivity contribution in [2.75, 3.05) is 12.4 Å². The fourth-order valence-corrected chi connectivity index (χ4v) is 2.77. The zero-order chi connectivity index (χ0) is 20.8. The van der Waals surface area contributed by atoms with Gasteiger partial charge < -0.3 is 15.4 Å². The molecule has 2 N–H and O–H groups in total. The highest BCUT2D eigenvalue weighted by atomic mass is 35.5. The van der Waals surface area contributed by atoms with Gasteiger partial charge in [0.05, 0.1) is 17.7 Å². The normalized spacial score (nSPS) is 11.6. The van der Waals surface area contributed by atoms with Gasteiger partial charge in [-0.25, -0.2) is 4.79 Å². The summed E-state index contributed by atoms with van der Waals surface area (Å²) < 4.78 is 4.67. The van der Waals surface area contributed by atoms with E-state index in [9.17, 15) is 14.4 Å². The molecule has 0 saturated carbocycles. The van der Waals surface area contributed by atoms with Gasteiger partial charge in [-0.05, 0) is 48.4 Å². The first-order valence-corrected chi connectivity index (χ1v) is 9.23. The third-order valence-corrected chi connectivity index (χ3v) is 4.56. The monoisotopic (exact) mass is 422 g/mol. The summed E-state index contributed by atoms with van der Waals surface area (Å²) in [5.74, 6) is -1.60. The van der Waals surface area contributed by atoms with Gasteiger partial charge in [-0.15, -0.1) is 0 Å². The largest absolute Gasteiger partial charge is 0.465 e. The number of methoxy groups -OCH3 is 1. The van der Waals surface area contributed by atoms with Gasteiger partial charge in [0.1, 0.15) is 6.04 Å². The number of amides is 2. The third kappa shape index (κ3) is 5.47. The molecule has 0 aliphatic heterocycles. The van der Waals surface area contributed by atoms with E-state index >= 15 is 0 Å². The van der Waals surface area contributed by atoms with Crippen molar-refractivity contribution in [3.8, 4) is 0 Å². The van der Waals surface area contributed by atoms with Crippen LogP contribution in [0.3, 0.4) is 0 Å². The van der Waals surface area contributed by atoms with E-state index in [1.807, 2.05) is 13.8 Å². The van der Waals surface area contributed by atoms with Crippen LogP contribution in [-0.4, -0.2) is 30.9 Å². The molecule has 1 unspecified atom stereocenters. The molecule has 0 aromatic heterocycles. The molecular weight excluding hydrogens is 403 g/mol. The van der Waals surface area contributed by atoms with Crippen molar-refractivity contribution >= 4 is 46.7 Å². The Kier molecular flexibility index (Phi) is 7.43. The SMILES string of the molecule is COC(=O)c1cc(NC(=O)C(NC(=O)c2ccc(Cl)cc2)C(C)C)ccc1Cl. The minimum absolute atomic E-state index is 0.133. The van der Waals surface area contributed by atoms with Crippen LogP contribution in [0, 0.1) is 5.92 Å². The van der Waals surface area contributed by atoms with Crippen molar-refractivity contribution in [1.82, 2.24) is 5.32 Å². The quantitative estimate of drug-likeness (QED) is 0.683. The Balaban J connectivity index is 2.16. The first-order chi connectivity index (χ1) is 13.2.